The molecule has 0 unspecified atom stereocenters. The van der Waals surface area contributed by atoms with Gasteiger partial charge in [0.2, 0.25) is 5.91 Å². The Morgan fingerprint density at radius 3 is 2.69 bits per heavy atom. The molecular weight excluding hydrogens is 352 g/mol. The van der Waals surface area contributed by atoms with Gasteiger partial charge in [-0.2, -0.15) is 0 Å². The molecule has 0 saturated heterocycles. The van der Waals surface area contributed by atoms with Gasteiger partial charge in [-0.05, 0) is 43.3 Å². The fraction of sp³-hybridized carbons (Fsp3) is 0.167. The van der Waals surface area contributed by atoms with Crippen molar-refractivity contribution in [2.45, 2.75) is 12.1 Å². The zero-order valence-corrected chi connectivity index (χ0v) is 15.0. The number of ether oxygens (including phenoxy) is 1. The molecule has 0 atom stereocenters. The molecule has 0 bridgehead atoms. The molecule has 3 N–H and O–H groups in total. The van der Waals surface area contributed by atoms with Crippen LogP contribution in [0.5, 0.6) is 5.75 Å². The van der Waals surface area contributed by atoms with E-state index in [0.29, 0.717) is 23.2 Å². The highest BCUT2D eigenvalue weighted by Crippen LogP contribution is 2.18. The Labute approximate surface area is 154 Å². The zero-order valence-electron chi connectivity index (χ0n) is 14.1. The average molecular weight is 370 g/mol. The topological polar surface area (TPSA) is 99.2 Å². The summed E-state index contributed by atoms with van der Waals surface area (Å²) in [5, 5.41) is 3.51. The summed E-state index contributed by atoms with van der Waals surface area (Å²) in [7, 11) is 0. The minimum absolute atomic E-state index is 0.0786. The van der Waals surface area contributed by atoms with Gasteiger partial charge < -0.3 is 15.9 Å². The van der Waals surface area contributed by atoms with E-state index in [1.165, 1.54) is 0 Å². The second-order valence-corrected chi connectivity index (χ2v) is 6.32. The van der Waals surface area contributed by atoms with E-state index >= 15 is 0 Å². The lowest BCUT2D eigenvalue weighted by atomic mass is 10.2. The van der Waals surface area contributed by atoms with Crippen LogP contribution in [-0.4, -0.2) is 27.9 Å². The van der Waals surface area contributed by atoms with Crippen molar-refractivity contribution in [1.29, 1.82) is 0 Å². The quantitative estimate of drug-likeness (QED) is 0.392. The molecule has 7 nitrogen and oxygen atoms in total. The molecule has 26 heavy (non-hydrogen) atoms. The van der Waals surface area contributed by atoms with Crippen LogP contribution >= 0.6 is 11.8 Å². The van der Waals surface area contributed by atoms with E-state index in [2.05, 4.69) is 10.3 Å². The van der Waals surface area contributed by atoms with Gasteiger partial charge in [0.15, 0.2) is 5.16 Å². The molecule has 3 rings (SSSR count). The number of fused-ring (bicyclic) bond motifs is 1. The highest BCUT2D eigenvalue weighted by Gasteiger charge is 2.11. The van der Waals surface area contributed by atoms with E-state index in [-0.39, 0.29) is 22.4 Å². The van der Waals surface area contributed by atoms with Gasteiger partial charge >= 0.3 is 0 Å². The Balaban J connectivity index is 1.67. The number of benzene rings is 2. The number of nitrogens with two attached hydrogens (primary N) is 1. The molecule has 2 aromatic carbocycles. The average Bonchev–Trinajstić information content (AvgIpc) is 2.65. The number of anilines is 1. The molecule has 1 heterocycles. The van der Waals surface area contributed by atoms with Crippen LogP contribution in [0.4, 0.5) is 5.69 Å². The van der Waals surface area contributed by atoms with Crippen molar-refractivity contribution in [3.8, 4) is 5.75 Å². The van der Waals surface area contributed by atoms with Gasteiger partial charge in [0, 0.05) is 5.69 Å². The summed E-state index contributed by atoms with van der Waals surface area (Å²) in [6.45, 7) is 2.49. The van der Waals surface area contributed by atoms with Crippen LogP contribution in [0.2, 0.25) is 0 Å². The van der Waals surface area contributed by atoms with Gasteiger partial charge in [-0.25, -0.2) is 9.66 Å². The lowest BCUT2D eigenvalue weighted by Gasteiger charge is -2.09. The lowest BCUT2D eigenvalue weighted by molar-refractivity contribution is -0.113. The van der Waals surface area contributed by atoms with Crippen LogP contribution < -0.4 is 21.5 Å². The van der Waals surface area contributed by atoms with Crippen molar-refractivity contribution in [1.82, 2.24) is 9.66 Å². The van der Waals surface area contributed by atoms with Gasteiger partial charge in [-0.1, -0.05) is 23.9 Å². The number of para-hydroxylation sites is 1. The lowest BCUT2D eigenvalue weighted by Crippen LogP contribution is -2.30. The first-order valence-corrected chi connectivity index (χ1v) is 8.99. The van der Waals surface area contributed by atoms with Crippen LogP contribution in [0, 0.1) is 0 Å². The first-order valence-electron chi connectivity index (χ1n) is 8.01. The third-order valence-electron chi connectivity index (χ3n) is 3.56. The van der Waals surface area contributed by atoms with E-state index in [1.807, 2.05) is 6.92 Å². The highest BCUT2D eigenvalue weighted by molar-refractivity contribution is 7.99. The first kappa shape index (κ1) is 17.8. The number of nitrogens with zero attached hydrogens (tertiary/aromatic N) is 2. The normalized spacial score (nSPS) is 10.7. The summed E-state index contributed by atoms with van der Waals surface area (Å²) in [5.41, 5.74) is 0.870. The van der Waals surface area contributed by atoms with Gasteiger partial charge in [0.1, 0.15) is 5.75 Å². The fourth-order valence-corrected chi connectivity index (χ4v) is 3.07. The smallest absolute Gasteiger partial charge is 0.280 e. The number of carbonyl (C=O) groups is 1. The Morgan fingerprint density at radius 2 is 1.96 bits per heavy atom. The van der Waals surface area contributed by atoms with Crippen molar-refractivity contribution in [2.24, 2.45) is 0 Å². The number of carbonyl (C=O) groups excluding carboxylic acids is 1. The molecule has 0 aliphatic heterocycles. The third-order valence-corrected chi connectivity index (χ3v) is 4.51. The molecule has 0 fully saturated rings. The maximum absolute atomic E-state index is 12.2. The number of hydrogen-bond acceptors (Lipinski definition) is 6. The van der Waals surface area contributed by atoms with Gasteiger partial charge in [-0.3, -0.25) is 9.59 Å². The van der Waals surface area contributed by atoms with Crippen LogP contribution in [0.1, 0.15) is 6.92 Å². The maximum Gasteiger partial charge on any atom is 0.280 e. The second kappa shape index (κ2) is 7.92. The van der Waals surface area contributed by atoms with Crippen molar-refractivity contribution < 1.29 is 9.53 Å². The van der Waals surface area contributed by atoms with Gasteiger partial charge in [0.25, 0.3) is 5.56 Å². The number of amides is 1. The largest absolute Gasteiger partial charge is 0.494 e. The maximum atomic E-state index is 12.2. The molecule has 8 heteroatoms. The monoisotopic (exact) mass is 370 g/mol. The molecule has 0 saturated carbocycles. The molecule has 0 aliphatic carbocycles. The number of hydrogen-bond donors (Lipinski definition) is 2. The van der Waals surface area contributed by atoms with Crippen LogP contribution in [0.25, 0.3) is 10.9 Å². The molecule has 0 radical (unpaired) electrons. The first-order chi connectivity index (χ1) is 12.6. The number of nitrogens with one attached hydrogen (secondary N) is 1. The predicted molar refractivity (Wildman–Crippen MR) is 103 cm³/mol. The van der Waals surface area contributed by atoms with Crippen molar-refractivity contribution in [2.75, 3.05) is 23.5 Å². The van der Waals surface area contributed by atoms with E-state index in [9.17, 15) is 9.59 Å². The highest BCUT2D eigenvalue weighted by atomic mass is 32.2. The standard InChI is InChI=1S/C18H18N4O3S/c1-2-25-13-9-7-12(8-10-13)20-16(23)11-26-18-21-15-6-4-3-5-14(15)17(24)22(18)19/h3-10H,2,11,19H2,1H3,(H,20,23). The summed E-state index contributed by atoms with van der Waals surface area (Å²) >= 11 is 1.10. The number of aromatic nitrogens is 2. The Morgan fingerprint density at radius 1 is 1.23 bits per heavy atom. The van der Waals surface area contributed by atoms with Crippen LogP contribution in [0.3, 0.4) is 0 Å². The number of nitrogen functional groups attached to an aromatic ring is 1. The van der Waals surface area contributed by atoms with E-state index < -0.39 is 0 Å². The summed E-state index contributed by atoms with van der Waals surface area (Å²) in [6, 6.07) is 14.1. The summed E-state index contributed by atoms with van der Waals surface area (Å²) in [5.74, 6) is 6.41. The summed E-state index contributed by atoms with van der Waals surface area (Å²) < 4.78 is 6.33. The Bertz CT molecular complexity index is 986. The predicted octanol–water partition coefficient (Wildman–Crippen LogP) is 2.24. The Hall–Kier alpha value is -3.00. The number of rotatable bonds is 6. The number of thioether (sulfide) groups is 1. The van der Waals surface area contributed by atoms with Crippen molar-refractivity contribution in [3.05, 3.63) is 58.9 Å². The summed E-state index contributed by atoms with van der Waals surface area (Å²) in [4.78, 5) is 28.7. The SMILES string of the molecule is CCOc1ccc(NC(=O)CSc2nc3ccccc3c(=O)n2N)cc1. The van der Waals surface area contributed by atoms with E-state index in [4.69, 9.17) is 10.6 Å². The molecule has 0 spiro atoms. The summed E-state index contributed by atoms with van der Waals surface area (Å²) in [6.07, 6.45) is 0. The van der Waals surface area contributed by atoms with Crippen molar-refractivity contribution in [3.63, 3.8) is 0 Å². The molecule has 1 amide bonds. The third kappa shape index (κ3) is 3.97. The molecule has 0 aliphatic rings. The minimum Gasteiger partial charge on any atom is -0.494 e. The minimum atomic E-state index is -0.343. The molecule has 134 valence electrons. The van der Waals surface area contributed by atoms with E-state index in [1.54, 1.807) is 48.5 Å². The second-order valence-electron chi connectivity index (χ2n) is 5.38. The van der Waals surface area contributed by atoms with Crippen molar-refractivity contribution >= 4 is 34.3 Å². The molecule has 1 aromatic heterocycles. The molecular formula is C18H18N4O3S. The van der Waals surface area contributed by atoms with Crippen LogP contribution in [-0.2, 0) is 4.79 Å². The Kier molecular flexibility index (Phi) is 5.43. The fourth-order valence-electron chi connectivity index (χ4n) is 2.36. The zero-order chi connectivity index (χ0) is 18.5. The van der Waals surface area contributed by atoms with Gasteiger partial charge in [0.05, 0.1) is 23.3 Å². The van der Waals surface area contributed by atoms with Gasteiger partial charge in [-0.15, -0.1) is 0 Å². The van der Waals surface area contributed by atoms with Crippen LogP contribution in [0.15, 0.2) is 58.5 Å². The molecule has 3 aromatic rings. The van der Waals surface area contributed by atoms with E-state index in [0.717, 1.165) is 22.2 Å².